The predicted octanol–water partition coefficient (Wildman–Crippen LogP) is 5.34. The van der Waals surface area contributed by atoms with Gasteiger partial charge in [0.15, 0.2) is 5.65 Å². The summed E-state index contributed by atoms with van der Waals surface area (Å²) in [5.41, 5.74) is 8.07. The lowest BCUT2D eigenvalue weighted by Gasteiger charge is -2.12. The maximum Gasteiger partial charge on any atom is 0.224 e. The molecule has 158 valence electrons. The Morgan fingerprint density at radius 1 is 1.00 bits per heavy atom. The van der Waals surface area contributed by atoms with Crippen molar-refractivity contribution < 1.29 is 9.18 Å². The van der Waals surface area contributed by atoms with Crippen LogP contribution >= 0.6 is 0 Å². The zero-order valence-corrected chi connectivity index (χ0v) is 18.2. The van der Waals surface area contributed by atoms with E-state index in [4.69, 9.17) is 4.98 Å². The van der Waals surface area contributed by atoms with Crippen molar-refractivity contribution in [2.75, 3.05) is 5.32 Å². The van der Waals surface area contributed by atoms with Crippen LogP contribution in [0.3, 0.4) is 0 Å². The van der Waals surface area contributed by atoms with Crippen molar-refractivity contribution in [1.82, 2.24) is 14.6 Å². The van der Waals surface area contributed by atoms with Gasteiger partial charge in [0.1, 0.15) is 5.82 Å². The number of fused-ring (bicyclic) bond motifs is 1. The van der Waals surface area contributed by atoms with Gasteiger partial charge in [0.25, 0.3) is 0 Å². The molecule has 6 heteroatoms. The van der Waals surface area contributed by atoms with Crippen molar-refractivity contribution >= 4 is 17.2 Å². The number of rotatable bonds is 5. The van der Waals surface area contributed by atoms with Crippen molar-refractivity contribution in [2.24, 2.45) is 0 Å². The molecule has 1 amide bonds. The minimum atomic E-state index is -0.274. The van der Waals surface area contributed by atoms with Crippen LogP contribution in [0.4, 0.5) is 10.1 Å². The number of hydrogen-bond donors (Lipinski definition) is 1. The largest absolute Gasteiger partial charge is 0.326 e. The Morgan fingerprint density at radius 3 is 2.42 bits per heavy atom. The molecule has 0 bridgehead atoms. The van der Waals surface area contributed by atoms with Crippen LogP contribution in [0.15, 0.2) is 48.5 Å². The molecule has 4 aromatic rings. The molecule has 2 aromatic heterocycles. The Labute approximate surface area is 181 Å². The van der Waals surface area contributed by atoms with Crippen molar-refractivity contribution in [2.45, 2.75) is 40.5 Å². The van der Waals surface area contributed by atoms with Gasteiger partial charge in [0, 0.05) is 29.1 Å². The van der Waals surface area contributed by atoms with Gasteiger partial charge in [-0.1, -0.05) is 30.3 Å². The van der Waals surface area contributed by atoms with E-state index in [0.717, 1.165) is 50.7 Å². The van der Waals surface area contributed by atoms with Crippen molar-refractivity contribution in [1.29, 1.82) is 0 Å². The van der Waals surface area contributed by atoms with Crippen LogP contribution in [0, 0.1) is 33.5 Å². The third-order valence-corrected chi connectivity index (χ3v) is 5.65. The summed E-state index contributed by atoms with van der Waals surface area (Å²) in [6.45, 7) is 7.85. The number of carbonyl (C=O) groups is 1. The average molecular weight is 417 g/mol. The summed E-state index contributed by atoms with van der Waals surface area (Å²) in [5.74, 6) is -0.304. The number of hydrogen-bond acceptors (Lipinski definition) is 3. The molecule has 0 saturated heterocycles. The molecule has 4 rings (SSSR count). The maximum absolute atomic E-state index is 13.4. The lowest BCUT2D eigenvalue weighted by Crippen LogP contribution is -2.15. The van der Waals surface area contributed by atoms with Crippen LogP contribution < -0.4 is 5.32 Å². The third kappa shape index (κ3) is 4.06. The highest BCUT2D eigenvalue weighted by molar-refractivity contribution is 5.91. The first-order valence-electron chi connectivity index (χ1n) is 10.3. The number of para-hydroxylation sites is 1. The number of carbonyl (C=O) groups excluding carboxylic acids is 1. The van der Waals surface area contributed by atoms with E-state index in [1.807, 2.05) is 56.5 Å². The van der Waals surface area contributed by atoms with Crippen LogP contribution in [-0.2, 0) is 11.2 Å². The number of amides is 1. The molecular weight excluding hydrogens is 391 g/mol. The molecule has 31 heavy (non-hydrogen) atoms. The van der Waals surface area contributed by atoms with Gasteiger partial charge < -0.3 is 5.32 Å². The Bertz CT molecular complexity index is 1280. The number of anilines is 1. The van der Waals surface area contributed by atoms with E-state index in [-0.39, 0.29) is 11.7 Å². The molecular formula is C25H25FN4O. The molecule has 0 spiro atoms. The normalized spacial score (nSPS) is 11.1. The van der Waals surface area contributed by atoms with Crippen LogP contribution in [0.25, 0.3) is 16.8 Å². The minimum Gasteiger partial charge on any atom is -0.326 e. The maximum atomic E-state index is 13.4. The van der Waals surface area contributed by atoms with E-state index in [1.54, 1.807) is 12.1 Å². The molecule has 0 fully saturated rings. The number of benzene rings is 2. The Morgan fingerprint density at radius 2 is 1.71 bits per heavy atom. The number of nitrogens with one attached hydrogen (secondary N) is 1. The van der Waals surface area contributed by atoms with Crippen molar-refractivity contribution in [3.05, 3.63) is 82.6 Å². The first-order chi connectivity index (χ1) is 14.8. The lowest BCUT2D eigenvalue weighted by molar-refractivity contribution is -0.116. The van der Waals surface area contributed by atoms with Gasteiger partial charge in [-0.3, -0.25) is 4.79 Å². The van der Waals surface area contributed by atoms with E-state index >= 15 is 0 Å². The number of aryl methyl sites for hydroxylation is 4. The highest BCUT2D eigenvalue weighted by atomic mass is 19.1. The summed E-state index contributed by atoms with van der Waals surface area (Å²) in [6.07, 6.45) is 0.928. The molecule has 0 atom stereocenters. The molecule has 0 aliphatic carbocycles. The second kappa shape index (κ2) is 8.30. The fraction of sp³-hybridized carbons (Fsp3) is 0.240. The predicted molar refractivity (Wildman–Crippen MR) is 121 cm³/mol. The highest BCUT2D eigenvalue weighted by Gasteiger charge is 2.18. The monoisotopic (exact) mass is 416 g/mol. The van der Waals surface area contributed by atoms with Gasteiger partial charge in [-0.25, -0.2) is 13.9 Å². The summed E-state index contributed by atoms with van der Waals surface area (Å²) in [4.78, 5) is 17.3. The highest BCUT2D eigenvalue weighted by Crippen LogP contribution is 2.29. The quantitative estimate of drug-likeness (QED) is 0.478. The van der Waals surface area contributed by atoms with Crippen molar-refractivity contribution in [3.63, 3.8) is 0 Å². The van der Waals surface area contributed by atoms with E-state index in [9.17, 15) is 9.18 Å². The molecule has 5 nitrogen and oxygen atoms in total. The lowest BCUT2D eigenvalue weighted by atomic mass is 10.0. The van der Waals surface area contributed by atoms with E-state index in [0.29, 0.717) is 12.8 Å². The first kappa shape index (κ1) is 20.7. The third-order valence-electron chi connectivity index (χ3n) is 5.65. The van der Waals surface area contributed by atoms with Gasteiger partial charge in [-0.2, -0.15) is 5.10 Å². The molecule has 2 heterocycles. The number of halogens is 1. The minimum absolute atomic E-state index is 0.0307. The van der Waals surface area contributed by atoms with Crippen LogP contribution in [0.5, 0.6) is 0 Å². The molecule has 0 aliphatic rings. The van der Waals surface area contributed by atoms with Gasteiger partial charge in [-0.05, 0) is 69.0 Å². The Hall–Kier alpha value is -3.54. The van der Waals surface area contributed by atoms with E-state index < -0.39 is 0 Å². The van der Waals surface area contributed by atoms with E-state index in [1.165, 1.54) is 12.1 Å². The molecule has 0 unspecified atom stereocenters. The summed E-state index contributed by atoms with van der Waals surface area (Å²) < 4.78 is 15.2. The van der Waals surface area contributed by atoms with Gasteiger partial charge in [0.2, 0.25) is 5.91 Å². The standard InChI is InChI=1S/C25H25FN4O/c1-15-7-5-6-8-22(15)28-23(31)14-13-21-16(2)27-25-24(17(3)29-30(25)18(21)4)19-9-11-20(26)12-10-19/h5-12H,13-14H2,1-4H3,(H,28,31). The van der Waals surface area contributed by atoms with Crippen LogP contribution in [-0.4, -0.2) is 20.5 Å². The summed E-state index contributed by atoms with van der Waals surface area (Å²) in [6, 6.07) is 14.1. The Balaban J connectivity index is 1.62. The van der Waals surface area contributed by atoms with Crippen LogP contribution in [0.1, 0.15) is 34.6 Å². The van der Waals surface area contributed by atoms with Crippen LogP contribution in [0.2, 0.25) is 0 Å². The number of aromatic nitrogens is 3. The fourth-order valence-corrected chi connectivity index (χ4v) is 3.95. The molecule has 0 aliphatic heterocycles. The molecule has 0 radical (unpaired) electrons. The fourth-order valence-electron chi connectivity index (χ4n) is 3.95. The smallest absolute Gasteiger partial charge is 0.224 e. The van der Waals surface area contributed by atoms with E-state index in [2.05, 4.69) is 10.4 Å². The summed E-state index contributed by atoms with van der Waals surface area (Å²) in [7, 11) is 0. The van der Waals surface area contributed by atoms with Crippen molar-refractivity contribution in [3.8, 4) is 11.1 Å². The average Bonchev–Trinajstić information content (AvgIpc) is 3.06. The zero-order chi connectivity index (χ0) is 22.1. The Kier molecular flexibility index (Phi) is 5.55. The second-order valence-corrected chi connectivity index (χ2v) is 7.83. The molecule has 2 aromatic carbocycles. The van der Waals surface area contributed by atoms with Gasteiger partial charge >= 0.3 is 0 Å². The van der Waals surface area contributed by atoms with Gasteiger partial charge in [0.05, 0.1) is 5.69 Å². The molecule has 0 saturated carbocycles. The summed E-state index contributed by atoms with van der Waals surface area (Å²) in [5, 5.41) is 7.66. The zero-order valence-electron chi connectivity index (χ0n) is 18.2. The topological polar surface area (TPSA) is 59.3 Å². The summed E-state index contributed by atoms with van der Waals surface area (Å²) >= 11 is 0. The number of nitrogens with zero attached hydrogens (tertiary/aromatic N) is 3. The molecule has 1 N–H and O–H groups in total. The van der Waals surface area contributed by atoms with Gasteiger partial charge in [-0.15, -0.1) is 0 Å². The first-order valence-corrected chi connectivity index (χ1v) is 10.3. The SMILES string of the molecule is Cc1ccccc1NC(=O)CCc1c(C)nc2c(-c3ccc(F)cc3)c(C)nn2c1C. The second-order valence-electron chi connectivity index (χ2n) is 7.83.